The highest BCUT2D eigenvalue weighted by molar-refractivity contribution is 5.57. The number of nitro groups is 1. The quantitative estimate of drug-likeness (QED) is 0.665. The van der Waals surface area contributed by atoms with Gasteiger partial charge in [-0.05, 0) is 12.5 Å². The minimum absolute atomic E-state index is 0.0519. The van der Waals surface area contributed by atoms with Gasteiger partial charge in [-0.3, -0.25) is 10.1 Å². The van der Waals surface area contributed by atoms with Crippen molar-refractivity contribution in [2.75, 3.05) is 5.73 Å². The number of nitro benzene ring substituents is 1. The number of non-ortho nitro benzene ring substituents is 1. The molecule has 0 fully saturated rings. The van der Waals surface area contributed by atoms with E-state index in [0.717, 1.165) is 0 Å². The molecule has 7 nitrogen and oxygen atoms in total. The molecule has 1 aromatic heterocycles. The van der Waals surface area contributed by atoms with Crippen LogP contribution >= 0.6 is 0 Å². The first kappa shape index (κ1) is 12.6. The summed E-state index contributed by atoms with van der Waals surface area (Å²) in [4.78, 5) is 10.3. The summed E-state index contributed by atoms with van der Waals surface area (Å²) in [6, 6.07) is 7.95. The summed E-state index contributed by atoms with van der Waals surface area (Å²) in [5.74, 6) is 0.194. The molecule has 0 aliphatic rings. The molecular formula is C12H11N5O2. The van der Waals surface area contributed by atoms with Gasteiger partial charge in [-0.15, -0.1) is 0 Å². The Kier molecular flexibility index (Phi) is 3.16. The maximum atomic E-state index is 10.7. The molecule has 1 aromatic carbocycles. The Balaban J connectivity index is 2.60. The van der Waals surface area contributed by atoms with Crippen molar-refractivity contribution in [3.8, 4) is 11.8 Å². The molecule has 0 bridgehead atoms. The van der Waals surface area contributed by atoms with Crippen molar-refractivity contribution in [2.24, 2.45) is 0 Å². The number of rotatable bonds is 3. The van der Waals surface area contributed by atoms with Gasteiger partial charge in [0.25, 0.3) is 5.69 Å². The van der Waals surface area contributed by atoms with Crippen LogP contribution in [-0.4, -0.2) is 14.7 Å². The van der Waals surface area contributed by atoms with Crippen LogP contribution in [-0.2, 0) is 6.42 Å². The fraction of sp³-hybridized carbons (Fsp3) is 0.167. The topological polar surface area (TPSA) is 111 Å². The molecule has 0 aliphatic carbocycles. The van der Waals surface area contributed by atoms with Gasteiger partial charge < -0.3 is 5.73 Å². The van der Waals surface area contributed by atoms with E-state index in [-0.39, 0.29) is 11.5 Å². The smallest absolute Gasteiger partial charge is 0.271 e. The lowest BCUT2D eigenvalue weighted by molar-refractivity contribution is -0.384. The van der Waals surface area contributed by atoms with Crippen LogP contribution in [0.15, 0.2) is 24.3 Å². The normalized spacial score (nSPS) is 10.1. The first-order valence-electron chi connectivity index (χ1n) is 5.60. The third kappa shape index (κ3) is 2.11. The van der Waals surface area contributed by atoms with Gasteiger partial charge in [0.05, 0.1) is 16.3 Å². The van der Waals surface area contributed by atoms with Gasteiger partial charge in [0.15, 0.2) is 0 Å². The first-order valence-corrected chi connectivity index (χ1v) is 5.60. The molecule has 2 aromatic rings. The highest BCUT2D eigenvalue weighted by Gasteiger charge is 2.16. The van der Waals surface area contributed by atoms with E-state index in [0.29, 0.717) is 23.4 Å². The summed E-state index contributed by atoms with van der Waals surface area (Å²) in [5.41, 5.74) is 7.16. The zero-order valence-corrected chi connectivity index (χ0v) is 10.2. The minimum Gasteiger partial charge on any atom is -0.382 e. The molecule has 2 rings (SSSR count). The van der Waals surface area contributed by atoms with Crippen molar-refractivity contribution in [1.82, 2.24) is 9.78 Å². The van der Waals surface area contributed by atoms with Crippen molar-refractivity contribution in [2.45, 2.75) is 13.3 Å². The number of aryl methyl sites for hydroxylation is 1. The lowest BCUT2D eigenvalue weighted by atomic mass is 10.2. The van der Waals surface area contributed by atoms with Gasteiger partial charge in [-0.25, -0.2) is 4.68 Å². The van der Waals surface area contributed by atoms with Gasteiger partial charge in [0, 0.05) is 12.1 Å². The molecule has 0 atom stereocenters. The molecule has 0 radical (unpaired) electrons. The van der Waals surface area contributed by atoms with Crippen molar-refractivity contribution >= 4 is 11.5 Å². The number of nitriles is 1. The maximum absolute atomic E-state index is 10.7. The average molecular weight is 257 g/mol. The lowest BCUT2D eigenvalue weighted by Crippen LogP contribution is -2.03. The Morgan fingerprint density at radius 3 is 2.84 bits per heavy atom. The van der Waals surface area contributed by atoms with Crippen LogP contribution in [0.1, 0.15) is 18.2 Å². The van der Waals surface area contributed by atoms with Gasteiger partial charge in [-0.2, -0.15) is 10.4 Å². The molecule has 0 unspecified atom stereocenters. The number of nitrogens with zero attached hydrogens (tertiary/aromatic N) is 4. The van der Waals surface area contributed by atoms with Crippen molar-refractivity contribution < 1.29 is 4.92 Å². The lowest BCUT2D eigenvalue weighted by Gasteiger charge is -2.03. The fourth-order valence-corrected chi connectivity index (χ4v) is 1.78. The molecule has 2 N–H and O–H groups in total. The van der Waals surface area contributed by atoms with Crippen LogP contribution in [0.3, 0.4) is 0 Å². The largest absolute Gasteiger partial charge is 0.382 e. The summed E-state index contributed by atoms with van der Waals surface area (Å²) < 4.78 is 1.35. The van der Waals surface area contributed by atoms with E-state index >= 15 is 0 Å². The summed E-state index contributed by atoms with van der Waals surface area (Å²) in [7, 11) is 0. The number of hydrogen-bond acceptors (Lipinski definition) is 5. The summed E-state index contributed by atoms with van der Waals surface area (Å²) >= 11 is 0. The van der Waals surface area contributed by atoms with E-state index in [1.807, 2.05) is 13.0 Å². The molecule has 7 heteroatoms. The monoisotopic (exact) mass is 257 g/mol. The molecule has 0 saturated carbocycles. The summed E-state index contributed by atoms with van der Waals surface area (Å²) in [5, 5.41) is 24.0. The number of aromatic nitrogens is 2. The number of nitrogens with two attached hydrogens (primary N) is 1. The Hall–Kier alpha value is -2.88. The van der Waals surface area contributed by atoms with Crippen molar-refractivity contribution in [1.29, 1.82) is 5.26 Å². The Bertz CT molecular complexity index is 684. The summed E-state index contributed by atoms with van der Waals surface area (Å²) in [6.45, 7) is 1.86. The van der Waals surface area contributed by atoms with Gasteiger partial charge >= 0.3 is 0 Å². The van der Waals surface area contributed by atoms with Crippen LogP contribution < -0.4 is 5.73 Å². The van der Waals surface area contributed by atoms with E-state index in [9.17, 15) is 10.1 Å². The zero-order valence-electron chi connectivity index (χ0n) is 10.2. The van der Waals surface area contributed by atoms with E-state index < -0.39 is 4.92 Å². The van der Waals surface area contributed by atoms with Crippen LogP contribution in [0.5, 0.6) is 0 Å². The predicted octanol–water partition coefficient (Wildman–Crippen LogP) is 1.80. The fourth-order valence-electron chi connectivity index (χ4n) is 1.78. The van der Waals surface area contributed by atoms with Crippen LogP contribution in [0.25, 0.3) is 5.69 Å². The second-order valence-corrected chi connectivity index (χ2v) is 3.86. The first-order chi connectivity index (χ1) is 9.08. The van der Waals surface area contributed by atoms with Crippen LogP contribution in [0, 0.1) is 21.4 Å². The van der Waals surface area contributed by atoms with Gasteiger partial charge in [0.1, 0.15) is 17.5 Å². The average Bonchev–Trinajstić information content (AvgIpc) is 2.75. The van der Waals surface area contributed by atoms with Crippen LogP contribution in [0.2, 0.25) is 0 Å². The minimum atomic E-state index is -0.491. The molecule has 0 aliphatic heterocycles. The third-order valence-corrected chi connectivity index (χ3v) is 2.73. The van der Waals surface area contributed by atoms with Crippen molar-refractivity contribution in [3.63, 3.8) is 0 Å². The van der Waals surface area contributed by atoms with Gasteiger partial charge in [0.2, 0.25) is 0 Å². The number of anilines is 1. The molecule has 0 saturated heterocycles. The number of nitrogen functional groups attached to an aromatic ring is 1. The molecule has 1 heterocycles. The zero-order chi connectivity index (χ0) is 14.0. The van der Waals surface area contributed by atoms with Crippen LogP contribution in [0.4, 0.5) is 11.5 Å². The van der Waals surface area contributed by atoms with E-state index in [2.05, 4.69) is 5.10 Å². The summed E-state index contributed by atoms with van der Waals surface area (Å²) in [6.07, 6.45) is 0.565. The highest BCUT2D eigenvalue weighted by atomic mass is 16.6. The predicted molar refractivity (Wildman–Crippen MR) is 68.7 cm³/mol. The molecule has 0 spiro atoms. The second-order valence-electron chi connectivity index (χ2n) is 3.86. The van der Waals surface area contributed by atoms with Crippen molar-refractivity contribution in [3.05, 3.63) is 45.6 Å². The molecule has 0 amide bonds. The van der Waals surface area contributed by atoms with E-state index in [1.54, 1.807) is 12.1 Å². The molecule has 96 valence electrons. The van der Waals surface area contributed by atoms with Gasteiger partial charge in [-0.1, -0.05) is 13.0 Å². The Morgan fingerprint density at radius 1 is 1.58 bits per heavy atom. The second kappa shape index (κ2) is 4.78. The Morgan fingerprint density at radius 2 is 2.32 bits per heavy atom. The van der Waals surface area contributed by atoms with E-state index in [4.69, 9.17) is 11.0 Å². The Labute approximate surface area is 109 Å². The molecular weight excluding hydrogens is 246 g/mol. The number of hydrogen-bond donors (Lipinski definition) is 1. The third-order valence-electron chi connectivity index (χ3n) is 2.73. The number of benzene rings is 1. The van der Waals surface area contributed by atoms with E-state index in [1.165, 1.54) is 16.8 Å². The highest BCUT2D eigenvalue weighted by Crippen LogP contribution is 2.23. The standard InChI is InChI=1S/C12H11N5O2/c1-2-11-10(7-13)12(14)16(15-11)8-4-3-5-9(6-8)17(18)19/h3-6H,2,14H2,1H3. The SMILES string of the molecule is CCc1nn(-c2cccc([N+](=O)[O-])c2)c(N)c1C#N. The molecule has 19 heavy (non-hydrogen) atoms. The maximum Gasteiger partial charge on any atom is 0.271 e.